The molecule has 1 aromatic carbocycles. The molecule has 1 amide bonds. The molecule has 2 N–H and O–H groups in total. The molecule has 17 heavy (non-hydrogen) atoms. The van der Waals surface area contributed by atoms with Crippen LogP contribution in [-0.4, -0.2) is 28.3 Å². The molecule has 0 fully saturated rings. The van der Waals surface area contributed by atoms with E-state index in [2.05, 4.69) is 10.2 Å². The predicted molar refractivity (Wildman–Crippen MR) is 64.2 cm³/mol. The van der Waals surface area contributed by atoms with E-state index in [1.807, 2.05) is 6.92 Å². The van der Waals surface area contributed by atoms with Crippen molar-refractivity contribution in [2.75, 3.05) is 11.9 Å². The molecule has 1 heterocycles. The van der Waals surface area contributed by atoms with Gasteiger partial charge in [-0.05, 0) is 37.3 Å². The maximum absolute atomic E-state index is 12.0. The largest absolute Gasteiger partial charge is 0.508 e. The average Bonchev–Trinajstić information content (AvgIpc) is 2.75. The van der Waals surface area contributed by atoms with Crippen molar-refractivity contribution in [3.8, 4) is 5.75 Å². The Morgan fingerprint density at radius 1 is 1.35 bits per heavy atom. The Kier molecular flexibility index (Phi) is 2.82. The Balaban J connectivity index is 2.23. The zero-order valence-electron chi connectivity index (χ0n) is 9.64. The second kappa shape index (κ2) is 4.29. The number of aryl methyl sites for hydroxylation is 1. The fourth-order valence-corrected chi connectivity index (χ4v) is 1.49. The molecule has 0 aliphatic rings. The van der Waals surface area contributed by atoms with Crippen LogP contribution in [0.4, 0.5) is 5.69 Å². The first-order valence-electron chi connectivity index (χ1n) is 5.17. The summed E-state index contributed by atoms with van der Waals surface area (Å²) in [6.45, 7) is 1.84. The van der Waals surface area contributed by atoms with Crippen molar-refractivity contribution in [3.05, 3.63) is 41.7 Å². The van der Waals surface area contributed by atoms with E-state index >= 15 is 0 Å². The highest BCUT2D eigenvalue weighted by Crippen LogP contribution is 2.18. The normalized spacial score (nSPS) is 10.2. The van der Waals surface area contributed by atoms with Crippen molar-refractivity contribution in [3.63, 3.8) is 0 Å². The quantitative estimate of drug-likeness (QED) is 0.826. The molecule has 5 nitrogen and oxygen atoms in total. The van der Waals surface area contributed by atoms with Gasteiger partial charge in [0, 0.05) is 18.4 Å². The van der Waals surface area contributed by atoms with Crippen molar-refractivity contribution in [2.45, 2.75) is 6.92 Å². The zero-order chi connectivity index (χ0) is 12.4. The molecule has 0 unspecified atom stereocenters. The molecule has 2 rings (SSSR count). The maximum Gasteiger partial charge on any atom is 0.278 e. The third-order valence-corrected chi connectivity index (χ3v) is 2.47. The summed E-state index contributed by atoms with van der Waals surface area (Å²) in [5, 5.41) is 15.8. The topological polar surface area (TPSA) is 69.2 Å². The third-order valence-electron chi connectivity index (χ3n) is 2.47. The molecular weight excluding hydrogens is 218 g/mol. The number of carbonyl (C=O) groups is 1. The minimum Gasteiger partial charge on any atom is -0.508 e. The Hall–Kier alpha value is -2.30. The SMILES string of the molecule is Cc1cc(C(=O)N(C)c2ccc(O)cc2)n[nH]1. The number of rotatable bonds is 2. The minimum absolute atomic E-state index is 0.171. The van der Waals surface area contributed by atoms with Crippen LogP contribution < -0.4 is 4.90 Å². The number of aromatic amines is 1. The van der Waals surface area contributed by atoms with E-state index in [1.54, 1.807) is 25.2 Å². The van der Waals surface area contributed by atoms with Gasteiger partial charge in [-0.2, -0.15) is 5.10 Å². The summed E-state index contributed by atoms with van der Waals surface area (Å²) in [7, 11) is 1.67. The highest BCUT2D eigenvalue weighted by atomic mass is 16.3. The summed E-state index contributed by atoms with van der Waals surface area (Å²) in [5.74, 6) is -0.0229. The highest BCUT2D eigenvalue weighted by molar-refractivity contribution is 6.04. The van der Waals surface area contributed by atoms with Crippen molar-refractivity contribution in [1.82, 2.24) is 10.2 Å². The summed E-state index contributed by atoms with van der Waals surface area (Å²) in [4.78, 5) is 13.5. The molecule has 88 valence electrons. The van der Waals surface area contributed by atoms with Gasteiger partial charge in [0.2, 0.25) is 0 Å². The number of phenolic OH excluding ortho intramolecular Hbond substituents is 1. The van der Waals surface area contributed by atoms with Gasteiger partial charge >= 0.3 is 0 Å². The van der Waals surface area contributed by atoms with Gasteiger partial charge in [0.15, 0.2) is 5.69 Å². The molecule has 1 aromatic heterocycles. The molecule has 0 saturated heterocycles. The number of nitrogens with one attached hydrogen (secondary N) is 1. The van der Waals surface area contributed by atoms with Gasteiger partial charge < -0.3 is 10.0 Å². The lowest BCUT2D eigenvalue weighted by Crippen LogP contribution is -2.26. The monoisotopic (exact) mass is 231 g/mol. The van der Waals surface area contributed by atoms with Crippen LogP contribution in [0, 0.1) is 6.92 Å². The fourth-order valence-electron chi connectivity index (χ4n) is 1.49. The molecule has 0 aliphatic carbocycles. The summed E-state index contributed by atoms with van der Waals surface area (Å²) in [6.07, 6.45) is 0. The van der Waals surface area contributed by atoms with Crippen molar-refractivity contribution in [1.29, 1.82) is 0 Å². The van der Waals surface area contributed by atoms with Crippen LogP contribution in [0.25, 0.3) is 0 Å². The molecule has 5 heteroatoms. The van der Waals surface area contributed by atoms with Crippen LogP contribution in [0.5, 0.6) is 5.75 Å². The van der Waals surface area contributed by atoms with Crippen LogP contribution in [0.15, 0.2) is 30.3 Å². The van der Waals surface area contributed by atoms with Crippen LogP contribution in [-0.2, 0) is 0 Å². The molecular formula is C12H13N3O2. The number of aromatic hydroxyl groups is 1. The Bertz CT molecular complexity index is 531. The molecule has 0 saturated carbocycles. The number of hydrogen-bond donors (Lipinski definition) is 2. The summed E-state index contributed by atoms with van der Waals surface area (Å²) < 4.78 is 0. The second-order valence-corrected chi connectivity index (χ2v) is 3.82. The van der Waals surface area contributed by atoms with Gasteiger partial charge in [0.05, 0.1) is 0 Å². The number of aromatic nitrogens is 2. The molecule has 0 radical (unpaired) electrons. The van der Waals surface area contributed by atoms with Crippen LogP contribution in [0.1, 0.15) is 16.2 Å². The van der Waals surface area contributed by atoms with Crippen LogP contribution in [0.2, 0.25) is 0 Å². The maximum atomic E-state index is 12.0. The van der Waals surface area contributed by atoms with E-state index < -0.39 is 0 Å². The molecule has 0 atom stereocenters. The van der Waals surface area contributed by atoms with Crippen LogP contribution >= 0.6 is 0 Å². The number of nitrogens with zero attached hydrogens (tertiary/aromatic N) is 2. The predicted octanol–water partition coefficient (Wildman–Crippen LogP) is 1.70. The first kappa shape index (κ1) is 11.2. The number of carbonyl (C=O) groups excluding carboxylic acids is 1. The van der Waals surface area contributed by atoms with Crippen molar-refractivity contribution >= 4 is 11.6 Å². The molecule has 0 aliphatic heterocycles. The lowest BCUT2D eigenvalue weighted by molar-refractivity contribution is 0.0988. The van der Waals surface area contributed by atoms with E-state index in [0.717, 1.165) is 5.69 Å². The lowest BCUT2D eigenvalue weighted by Gasteiger charge is -2.15. The van der Waals surface area contributed by atoms with Gasteiger partial charge in [-0.1, -0.05) is 0 Å². The minimum atomic E-state index is -0.194. The lowest BCUT2D eigenvalue weighted by atomic mass is 10.2. The number of phenols is 1. The number of benzene rings is 1. The number of amides is 1. The second-order valence-electron chi connectivity index (χ2n) is 3.82. The van der Waals surface area contributed by atoms with E-state index in [4.69, 9.17) is 0 Å². The van der Waals surface area contributed by atoms with Gasteiger partial charge in [0.1, 0.15) is 5.75 Å². The highest BCUT2D eigenvalue weighted by Gasteiger charge is 2.15. The summed E-state index contributed by atoms with van der Waals surface area (Å²) in [6, 6.07) is 8.11. The number of anilines is 1. The average molecular weight is 231 g/mol. The van der Waals surface area contributed by atoms with E-state index in [-0.39, 0.29) is 11.7 Å². The van der Waals surface area contributed by atoms with Crippen LogP contribution in [0.3, 0.4) is 0 Å². The molecule has 0 bridgehead atoms. The standard InChI is InChI=1S/C12H13N3O2/c1-8-7-11(14-13-8)12(17)15(2)9-3-5-10(16)6-4-9/h3-7,16H,1-2H3,(H,13,14). The Morgan fingerprint density at radius 2 is 2.00 bits per heavy atom. The van der Waals surface area contributed by atoms with Gasteiger partial charge in [-0.15, -0.1) is 0 Å². The first-order chi connectivity index (χ1) is 8.08. The van der Waals surface area contributed by atoms with Gasteiger partial charge in [-0.3, -0.25) is 9.89 Å². The molecule has 0 spiro atoms. The fraction of sp³-hybridized carbons (Fsp3) is 0.167. The smallest absolute Gasteiger partial charge is 0.278 e. The van der Waals surface area contributed by atoms with E-state index in [1.165, 1.54) is 17.0 Å². The van der Waals surface area contributed by atoms with Crippen molar-refractivity contribution in [2.24, 2.45) is 0 Å². The third kappa shape index (κ3) is 2.28. The van der Waals surface area contributed by atoms with E-state index in [9.17, 15) is 9.90 Å². The molecule has 2 aromatic rings. The summed E-state index contributed by atoms with van der Waals surface area (Å²) in [5.41, 5.74) is 1.92. The number of hydrogen-bond acceptors (Lipinski definition) is 3. The van der Waals surface area contributed by atoms with E-state index in [0.29, 0.717) is 11.4 Å². The summed E-state index contributed by atoms with van der Waals surface area (Å²) >= 11 is 0. The van der Waals surface area contributed by atoms with Crippen molar-refractivity contribution < 1.29 is 9.90 Å². The zero-order valence-corrected chi connectivity index (χ0v) is 9.64. The number of H-pyrrole nitrogens is 1. The first-order valence-corrected chi connectivity index (χ1v) is 5.17. The van der Waals surface area contributed by atoms with Gasteiger partial charge in [-0.25, -0.2) is 0 Å². The van der Waals surface area contributed by atoms with Gasteiger partial charge in [0.25, 0.3) is 5.91 Å². The Morgan fingerprint density at radius 3 is 2.53 bits per heavy atom. The Labute approximate surface area is 98.7 Å².